The molecule has 0 radical (unpaired) electrons. The third kappa shape index (κ3) is 5.29. The van der Waals surface area contributed by atoms with Crippen LogP contribution in [0.3, 0.4) is 0 Å². The first-order valence-corrected chi connectivity index (χ1v) is 8.85. The predicted octanol–water partition coefficient (Wildman–Crippen LogP) is 5.55. The zero-order chi connectivity index (χ0) is 17.0. The van der Waals surface area contributed by atoms with Gasteiger partial charge in [0.05, 0.1) is 6.04 Å². The predicted molar refractivity (Wildman–Crippen MR) is 91.5 cm³/mol. The maximum Gasteiger partial charge on any atom is 0.408 e. The van der Waals surface area contributed by atoms with Crippen molar-refractivity contribution in [2.75, 3.05) is 0 Å². The van der Waals surface area contributed by atoms with Gasteiger partial charge in [-0.25, -0.2) is 4.79 Å². The Morgan fingerprint density at radius 3 is 2.30 bits per heavy atom. The molecule has 1 aliphatic rings. The molecule has 1 amide bonds. The van der Waals surface area contributed by atoms with Gasteiger partial charge in [-0.15, -0.1) is 0 Å². The minimum atomic E-state index is -0.493. The molecule has 0 spiro atoms. The molecule has 1 saturated carbocycles. The van der Waals surface area contributed by atoms with Gasteiger partial charge >= 0.3 is 6.09 Å². The average Bonchev–Trinajstić information content (AvgIpc) is 2.93. The Balaban J connectivity index is 2.15. The highest BCUT2D eigenvalue weighted by atomic mass is 16.6. The lowest BCUT2D eigenvalue weighted by atomic mass is 9.83. The van der Waals surface area contributed by atoms with E-state index >= 15 is 0 Å². The quantitative estimate of drug-likeness (QED) is 0.791. The Hall–Kier alpha value is -1.45. The molecule has 0 bridgehead atoms. The molecule has 1 heterocycles. The summed E-state index contributed by atoms with van der Waals surface area (Å²) in [5.74, 6) is 2.58. The highest BCUT2D eigenvalue weighted by molar-refractivity contribution is 5.68. The van der Waals surface area contributed by atoms with Crippen molar-refractivity contribution < 1.29 is 13.9 Å². The molecule has 1 fully saturated rings. The van der Waals surface area contributed by atoms with Crippen molar-refractivity contribution in [2.45, 2.75) is 84.3 Å². The number of alkyl carbamates (subject to hydrolysis) is 1. The fraction of sp³-hybridized carbons (Fsp3) is 0.737. The molecule has 0 aliphatic heterocycles. The van der Waals surface area contributed by atoms with Crippen LogP contribution in [-0.2, 0) is 4.74 Å². The molecule has 4 heteroatoms. The third-order valence-corrected chi connectivity index (χ3v) is 4.32. The summed E-state index contributed by atoms with van der Waals surface area (Å²) in [6, 6.07) is 3.93. The van der Waals surface area contributed by atoms with E-state index in [9.17, 15) is 4.79 Å². The number of nitrogens with one attached hydrogen (secondary N) is 1. The van der Waals surface area contributed by atoms with Crippen molar-refractivity contribution in [1.29, 1.82) is 0 Å². The van der Waals surface area contributed by atoms with Gasteiger partial charge in [-0.3, -0.25) is 0 Å². The molecule has 1 aromatic heterocycles. The molecule has 4 nitrogen and oxygen atoms in total. The number of rotatable bonds is 4. The Kier molecular flexibility index (Phi) is 5.77. The fourth-order valence-electron chi connectivity index (χ4n) is 3.17. The van der Waals surface area contributed by atoms with Gasteiger partial charge in [0.15, 0.2) is 0 Å². The van der Waals surface area contributed by atoms with Crippen LogP contribution in [0.2, 0.25) is 0 Å². The lowest BCUT2D eigenvalue weighted by molar-refractivity contribution is 0.0464. The molecule has 2 rings (SSSR count). The maximum absolute atomic E-state index is 12.3. The number of carbonyl (C=O) groups excluding carboxylic acids is 1. The second-order valence-electron chi connectivity index (χ2n) is 7.92. The number of ether oxygens (including phenoxy) is 1. The van der Waals surface area contributed by atoms with Crippen molar-refractivity contribution in [3.05, 3.63) is 23.7 Å². The molecule has 1 aromatic rings. The Morgan fingerprint density at radius 1 is 1.17 bits per heavy atom. The number of hydrogen-bond acceptors (Lipinski definition) is 3. The van der Waals surface area contributed by atoms with Gasteiger partial charge in [0.2, 0.25) is 0 Å². The zero-order valence-electron chi connectivity index (χ0n) is 15.1. The molecule has 1 atom stereocenters. The fourth-order valence-corrected chi connectivity index (χ4v) is 3.17. The van der Waals surface area contributed by atoms with Crippen LogP contribution in [0.1, 0.15) is 90.2 Å². The van der Waals surface area contributed by atoms with E-state index < -0.39 is 5.60 Å². The smallest absolute Gasteiger partial charge is 0.408 e. The third-order valence-electron chi connectivity index (χ3n) is 4.32. The van der Waals surface area contributed by atoms with E-state index in [0.29, 0.717) is 11.8 Å². The summed E-state index contributed by atoms with van der Waals surface area (Å²) >= 11 is 0. The Morgan fingerprint density at radius 2 is 1.78 bits per heavy atom. The number of carbonyl (C=O) groups is 1. The minimum absolute atomic E-state index is 0.0994. The molecule has 0 saturated heterocycles. The van der Waals surface area contributed by atoms with Gasteiger partial charge in [0.1, 0.15) is 17.1 Å². The monoisotopic (exact) mass is 321 g/mol. The number of hydrogen-bond donors (Lipinski definition) is 1. The summed E-state index contributed by atoms with van der Waals surface area (Å²) in [6.45, 7) is 9.86. The lowest BCUT2D eigenvalue weighted by Gasteiger charge is -2.30. The lowest BCUT2D eigenvalue weighted by Crippen LogP contribution is -2.38. The van der Waals surface area contributed by atoms with Crippen LogP contribution in [0.5, 0.6) is 0 Å². The largest absolute Gasteiger partial charge is 0.464 e. The van der Waals surface area contributed by atoms with Crippen molar-refractivity contribution in [2.24, 2.45) is 5.92 Å². The molecular weight excluding hydrogens is 290 g/mol. The molecule has 0 aromatic carbocycles. The van der Waals surface area contributed by atoms with Crippen molar-refractivity contribution >= 4 is 6.09 Å². The van der Waals surface area contributed by atoms with Crippen molar-refractivity contribution in [3.63, 3.8) is 0 Å². The second kappa shape index (κ2) is 7.41. The molecular formula is C19H31NO3. The molecule has 0 unspecified atom stereocenters. The van der Waals surface area contributed by atoms with Gasteiger partial charge in [-0.2, -0.15) is 0 Å². The Bertz CT molecular complexity index is 507. The van der Waals surface area contributed by atoms with Gasteiger partial charge in [0.25, 0.3) is 0 Å². The first-order valence-electron chi connectivity index (χ1n) is 8.85. The van der Waals surface area contributed by atoms with E-state index in [1.54, 1.807) is 0 Å². The summed E-state index contributed by atoms with van der Waals surface area (Å²) in [7, 11) is 0. The van der Waals surface area contributed by atoms with Crippen molar-refractivity contribution in [3.8, 4) is 0 Å². The van der Waals surface area contributed by atoms with Gasteiger partial charge in [0, 0.05) is 5.92 Å². The first kappa shape index (κ1) is 17.9. The summed E-state index contributed by atoms with van der Waals surface area (Å²) < 4.78 is 11.5. The van der Waals surface area contributed by atoms with E-state index in [0.717, 1.165) is 24.4 Å². The minimum Gasteiger partial charge on any atom is -0.464 e. The summed E-state index contributed by atoms with van der Waals surface area (Å²) in [4.78, 5) is 12.3. The van der Waals surface area contributed by atoms with Crippen LogP contribution in [0, 0.1) is 5.92 Å². The maximum atomic E-state index is 12.3. The van der Waals surface area contributed by atoms with Gasteiger partial charge in [-0.05, 0) is 51.7 Å². The van der Waals surface area contributed by atoms with E-state index in [4.69, 9.17) is 9.15 Å². The topological polar surface area (TPSA) is 51.5 Å². The Labute approximate surface area is 140 Å². The molecule has 1 N–H and O–H groups in total. The van der Waals surface area contributed by atoms with Crippen molar-refractivity contribution in [1.82, 2.24) is 5.32 Å². The first-order chi connectivity index (χ1) is 10.8. The summed E-state index contributed by atoms with van der Waals surface area (Å²) in [6.07, 6.45) is 5.60. The summed E-state index contributed by atoms with van der Waals surface area (Å²) in [5, 5.41) is 3.06. The van der Waals surface area contributed by atoms with E-state index in [2.05, 4.69) is 19.2 Å². The van der Waals surface area contributed by atoms with E-state index in [-0.39, 0.29) is 12.1 Å². The van der Waals surface area contributed by atoms with Crippen LogP contribution in [0.15, 0.2) is 16.5 Å². The van der Waals surface area contributed by atoms with Crippen LogP contribution in [0.25, 0.3) is 0 Å². The van der Waals surface area contributed by atoms with E-state index in [1.165, 1.54) is 19.3 Å². The molecule has 1 aliphatic carbocycles. The van der Waals surface area contributed by atoms with Gasteiger partial charge < -0.3 is 14.5 Å². The normalized spacial score (nSPS) is 18.0. The van der Waals surface area contributed by atoms with Crippen LogP contribution in [-0.4, -0.2) is 11.7 Å². The highest BCUT2D eigenvalue weighted by Gasteiger charge is 2.30. The SMILES string of the molecule is CC(C)c1ccc([C@H](NC(=O)OC(C)(C)C)C2CCCCC2)o1. The van der Waals surface area contributed by atoms with Crippen LogP contribution in [0.4, 0.5) is 4.79 Å². The number of furan rings is 1. The molecule has 23 heavy (non-hydrogen) atoms. The second-order valence-corrected chi connectivity index (χ2v) is 7.92. The van der Waals surface area contributed by atoms with Gasteiger partial charge in [-0.1, -0.05) is 33.1 Å². The highest BCUT2D eigenvalue weighted by Crippen LogP contribution is 2.36. The van der Waals surface area contributed by atoms with Crippen LogP contribution >= 0.6 is 0 Å². The summed E-state index contributed by atoms with van der Waals surface area (Å²) in [5.41, 5.74) is -0.493. The molecule has 130 valence electrons. The zero-order valence-corrected chi connectivity index (χ0v) is 15.1. The number of amides is 1. The van der Waals surface area contributed by atoms with E-state index in [1.807, 2.05) is 32.9 Å². The average molecular weight is 321 g/mol. The van der Waals surface area contributed by atoms with Crippen LogP contribution < -0.4 is 5.32 Å². The standard InChI is InChI=1S/C19H31NO3/c1-13(2)15-11-12-16(22-15)17(14-9-7-6-8-10-14)20-18(21)23-19(3,4)5/h11-14,17H,6-10H2,1-5H3,(H,20,21)/t17-/m1/s1.